The van der Waals surface area contributed by atoms with Crippen molar-refractivity contribution in [2.45, 2.75) is 61.3 Å². The van der Waals surface area contributed by atoms with Crippen LogP contribution in [0.5, 0.6) is 5.75 Å². The van der Waals surface area contributed by atoms with E-state index in [4.69, 9.17) is 23.7 Å². The summed E-state index contributed by atoms with van der Waals surface area (Å²) in [7, 11) is -2.62. The van der Waals surface area contributed by atoms with Crippen molar-refractivity contribution >= 4 is 15.8 Å². The maximum absolute atomic E-state index is 13.7. The molecule has 2 unspecified atom stereocenters. The second-order valence-electron chi connectivity index (χ2n) is 10.9. The van der Waals surface area contributed by atoms with E-state index in [1.54, 1.807) is 30.3 Å². The lowest BCUT2D eigenvalue weighted by Crippen LogP contribution is -2.47. The summed E-state index contributed by atoms with van der Waals surface area (Å²) >= 11 is 0. The van der Waals surface area contributed by atoms with Gasteiger partial charge >= 0.3 is 5.97 Å². The van der Waals surface area contributed by atoms with Crippen molar-refractivity contribution in [1.29, 1.82) is 0 Å². The van der Waals surface area contributed by atoms with Gasteiger partial charge in [0.15, 0.2) is 0 Å². The largest absolute Gasteiger partial charge is 0.496 e. The molecule has 4 aromatic carbocycles. The molecule has 0 radical (unpaired) electrons. The lowest BCUT2D eigenvalue weighted by atomic mass is 9.91. The average molecular weight is 615 g/mol. The number of sulfone groups is 1. The van der Waals surface area contributed by atoms with Gasteiger partial charge < -0.3 is 23.7 Å². The van der Waals surface area contributed by atoms with E-state index >= 15 is 0 Å². The fourth-order valence-electron chi connectivity index (χ4n) is 5.87. The van der Waals surface area contributed by atoms with Gasteiger partial charge in [0.05, 0.1) is 54.7 Å². The Kier molecular flexibility index (Phi) is 8.81. The topological polar surface area (TPSA) is 97.4 Å². The minimum atomic E-state index is -4.08. The van der Waals surface area contributed by atoms with E-state index in [1.807, 2.05) is 67.6 Å². The molecule has 4 aromatic rings. The van der Waals surface area contributed by atoms with Crippen LogP contribution in [-0.2, 0) is 42.0 Å². The van der Waals surface area contributed by atoms with E-state index in [1.165, 1.54) is 19.2 Å². The Bertz CT molecular complexity index is 1690. The van der Waals surface area contributed by atoms with Crippen molar-refractivity contribution in [3.63, 3.8) is 0 Å². The van der Waals surface area contributed by atoms with Crippen LogP contribution >= 0.6 is 0 Å². The van der Waals surface area contributed by atoms with Crippen LogP contribution in [0.25, 0.3) is 0 Å². The highest BCUT2D eigenvalue weighted by molar-refractivity contribution is 7.91. The number of esters is 1. The van der Waals surface area contributed by atoms with Crippen molar-refractivity contribution in [2.75, 3.05) is 7.11 Å². The maximum atomic E-state index is 13.7. The van der Waals surface area contributed by atoms with Crippen molar-refractivity contribution in [3.8, 4) is 5.75 Å². The molecule has 1 fully saturated rings. The predicted molar refractivity (Wildman–Crippen MR) is 163 cm³/mol. The zero-order valence-electron chi connectivity index (χ0n) is 24.5. The predicted octanol–water partition coefficient (Wildman–Crippen LogP) is 6.36. The summed E-state index contributed by atoms with van der Waals surface area (Å²) < 4.78 is 58.0. The molecule has 2 heterocycles. The molecule has 0 bridgehead atoms. The highest BCUT2D eigenvalue weighted by Crippen LogP contribution is 2.48. The van der Waals surface area contributed by atoms with Gasteiger partial charge in [-0.15, -0.1) is 0 Å². The van der Waals surface area contributed by atoms with Crippen molar-refractivity contribution in [3.05, 3.63) is 131 Å². The van der Waals surface area contributed by atoms with E-state index in [0.717, 1.165) is 11.1 Å². The lowest BCUT2D eigenvalue weighted by molar-refractivity contribution is -0.204. The number of ether oxygens (including phenoxy) is 5. The van der Waals surface area contributed by atoms with Crippen LogP contribution in [0.2, 0.25) is 0 Å². The van der Waals surface area contributed by atoms with Gasteiger partial charge in [-0.2, -0.15) is 0 Å². The molecule has 5 atom stereocenters. The van der Waals surface area contributed by atoms with Gasteiger partial charge in [0.25, 0.3) is 0 Å². The third-order valence-electron chi connectivity index (χ3n) is 8.05. The Hall–Kier alpha value is -4.02. The molecule has 0 aliphatic carbocycles. The molecule has 44 heavy (non-hydrogen) atoms. The van der Waals surface area contributed by atoms with Crippen molar-refractivity contribution < 1.29 is 36.9 Å². The summed E-state index contributed by atoms with van der Waals surface area (Å²) in [4.78, 5) is 12.9. The first-order valence-corrected chi connectivity index (χ1v) is 16.1. The number of carbonyl (C=O) groups is 1. The first kappa shape index (κ1) is 30.0. The Morgan fingerprint density at radius 3 is 2.00 bits per heavy atom. The number of hydrogen-bond donors (Lipinski definition) is 0. The van der Waals surface area contributed by atoms with E-state index < -0.39 is 27.3 Å². The third kappa shape index (κ3) is 6.01. The summed E-state index contributed by atoms with van der Waals surface area (Å²) in [6.45, 7) is 2.72. The van der Waals surface area contributed by atoms with Crippen molar-refractivity contribution in [2.24, 2.45) is 0 Å². The van der Waals surface area contributed by atoms with E-state index in [2.05, 4.69) is 0 Å². The molecule has 0 saturated carbocycles. The van der Waals surface area contributed by atoms with Crippen LogP contribution in [0, 0.1) is 0 Å². The number of fused-ring (bicyclic) bond motifs is 1. The molecule has 2 aliphatic heterocycles. The maximum Gasteiger partial charge on any atom is 0.340 e. The molecule has 0 spiro atoms. The van der Waals surface area contributed by atoms with E-state index in [0.29, 0.717) is 25.2 Å². The van der Waals surface area contributed by atoms with Crippen LogP contribution in [0.4, 0.5) is 0 Å². The molecule has 8 nitrogen and oxygen atoms in total. The quantitative estimate of drug-likeness (QED) is 0.191. The van der Waals surface area contributed by atoms with Crippen molar-refractivity contribution in [1.82, 2.24) is 0 Å². The van der Waals surface area contributed by atoms with Crippen LogP contribution < -0.4 is 4.74 Å². The highest BCUT2D eigenvalue weighted by Gasteiger charge is 2.46. The van der Waals surface area contributed by atoms with E-state index in [-0.39, 0.29) is 40.1 Å². The second kappa shape index (κ2) is 12.9. The monoisotopic (exact) mass is 614 g/mol. The molecule has 2 aliphatic rings. The zero-order valence-corrected chi connectivity index (χ0v) is 25.3. The van der Waals surface area contributed by atoms with Gasteiger partial charge in [-0.1, -0.05) is 84.9 Å². The molecule has 9 heteroatoms. The lowest BCUT2D eigenvalue weighted by Gasteiger charge is -2.41. The van der Waals surface area contributed by atoms with Gasteiger partial charge in [-0.25, -0.2) is 13.2 Å². The minimum absolute atomic E-state index is 0.0495. The smallest absolute Gasteiger partial charge is 0.340 e. The number of rotatable bonds is 10. The highest BCUT2D eigenvalue weighted by atomic mass is 32.2. The molecule has 6 rings (SSSR count). The van der Waals surface area contributed by atoms with Crippen LogP contribution in [0.1, 0.15) is 57.5 Å². The molecule has 1 saturated heterocycles. The fourth-order valence-corrected chi connectivity index (χ4v) is 7.41. The zero-order chi connectivity index (χ0) is 30.7. The number of hydrogen-bond acceptors (Lipinski definition) is 8. The average Bonchev–Trinajstić information content (AvgIpc) is 3.41. The molecular formula is C35H34O8S. The summed E-state index contributed by atoms with van der Waals surface area (Å²) in [5, 5.41) is 0. The molecular weight excluding hydrogens is 580 g/mol. The Morgan fingerprint density at radius 1 is 0.795 bits per heavy atom. The SMILES string of the molecule is COc1c([C@H]2C[C@@H](OCc3ccccc3)[C@H](OCc3ccccc3)C(C)O2)ccc2c1C(S(=O)(=O)c1ccccc1)OC2=O. The first-order chi connectivity index (χ1) is 21.4. The Labute approximate surface area is 257 Å². The second-order valence-corrected chi connectivity index (χ2v) is 12.9. The van der Waals surface area contributed by atoms with E-state index in [9.17, 15) is 13.2 Å². The number of methoxy groups -OCH3 is 1. The first-order valence-electron chi connectivity index (χ1n) is 14.5. The molecule has 228 valence electrons. The van der Waals surface area contributed by atoms with Crippen LogP contribution in [-0.4, -0.2) is 39.8 Å². The van der Waals surface area contributed by atoms with Gasteiger partial charge in [0.1, 0.15) is 11.9 Å². The Morgan fingerprint density at radius 2 is 1.39 bits per heavy atom. The standard InChI is InChI=1S/C35H34O8S/c1-23-32(41-22-25-14-8-4-9-15-25)30(40-21-24-12-6-3-7-13-24)20-29(42-23)27-18-19-28-31(33(27)39-2)35(43-34(28)36)44(37,38)26-16-10-5-11-17-26/h3-19,23,29-30,32,35H,20-22H2,1-2H3/t23?,29-,30-,32-,35?/m1/s1. The number of cyclic esters (lactones) is 1. The van der Waals surface area contributed by atoms with Crippen LogP contribution in [0.15, 0.2) is 108 Å². The molecule has 0 aromatic heterocycles. The van der Waals surface area contributed by atoms with Gasteiger partial charge in [0, 0.05) is 12.0 Å². The number of carbonyl (C=O) groups excluding carboxylic acids is 1. The van der Waals surface area contributed by atoms with Crippen LogP contribution in [0.3, 0.4) is 0 Å². The van der Waals surface area contributed by atoms with Gasteiger partial charge in [-0.3, -0.25) is 0 Å². The summed E-state index contributed by atoms with van der Waals surface area (Å²) in [6, 6.07) is 31.1. The van der Waals surface area contributed by atoms with Gasteiger partial charge in [0.2, 0.25) is 15.3 Å². The van der Waals surface area contributed by atoms with Gasteiger partial charge in [-0.05, 0) is 36.2 Å². The summed E-state index contributed by atoms with van der Waals surface area (Å²) in [5.41, 5.74) is 1.47. The molecule has 0 N–H and O–H groups in total. The third-order valence-corrected chi connectivity index (χ3v) is 9.87. The minimum Gasteiger partial charge on any atom is -0.496 e. The number of benzene rings is 4. The normalized spacial score (nSPS) is 23.1. The summed E-state index contributed by atoms with van der Waals surface area (Å²) in [6.07, 6.45) is -1.22. The fraction of sp³-hybridized carbons (Fsp3) is 0.286. The summed E-state index contributed by atoms with van der Waals surface area (Å²) in [5.74, 6) is -0.466. The molecule has 0 amide bonds. The Balaban J connectivity index is 1.32.